The third-order valence-corrected chi connectivity index (χ3v) is 14.0. The van der Waals surface area contributed by atoms with E-state index in [0.29, 0.717) is 6.42 Å². The van der Waals surface area contributed by atoms with E-state index in [0.717, 1.165) is 64.2 Å². The summed E-state index contributed by atoms with van der Waals surface area (Å²) in [7, 11) is 0. The number of carbonyl (C=O) groups is 1. The molecule has 0 bridgehead atoms. The first-order valence-corrected chi connectivity index (χ1v) is 27.6. The molecule has 19 heteroatoms. The van der Waals surface area contributed by atoms with E-state index in [1.54, 1.807) is 6.08 Å². The van der Waals surface area contributed by atoms with Gasteiger partial charge in [-0.15, -0.1) is 0 Å². The van der Waals surface area contributed by atoms with E-state index in [1.807, 2.05) is 6.08 Å². The summed E-state index contributed by atoms with van der Waals surface area (Å²) in [5.41, 5.74) is 0. The second-order valence-electron chi connectivity index (χ2n) is 20.0. The van der Waals surface area contributed by atoms with Gasteiger partial charge in [-0.05, 0) is 44.9 Å². The van der Waals surface area contributed by atoms with Gasteiger partial charge in [0.2, 0.25) is 5.91 Å². The minimum atomic E-state index is -1.98. The summed E-state index contributed by atoms with van der Waals surface area (Å²) in [5.74, 6) is -0.287. The zero-order chi connectivity index (χ0) is 52.7. The van der Waals surface area contributed by atoms with Crippen LogP contribution in [0.15, 0.2) is 24.3 Å². The zero-order valence-corrected chi connectivity index (χ0v) is 43.4. The molecule has 0 radical (unpaired) electrons. The predicted octanol–water partition coefficient (Wildman–Crippen LogP) is 3.20. The van der Waals surface area contributed by atoms with Crippen LogP contribution in [0.3, 0.4) is 0 Å². The Labute approximate surface area is 428 Å². The fraction of sp³-hybridized carbons (Fsp3) is 0.906. The van der Waals surface area contributed by atoms with E-state index in [2.05, 4.69) is 31.3 Å². The van der Waals surface area contributed by atoms with E-state index in [-0.39, 0.29) is 18.9 Å². The number of hydrogen-bond donors (Lipinski definition) is 12. The van der Waals surface area contributed by atoms with E-state index in [1.165, 1.54) is 83.5 Å². The molecule has 17 unspecified atom stereocenters. The molecule has 3 heterocycles. The van der Waals surface area contributed by atoms with Gasteiger partial charge in [-0.1, -0.05) is 147 Å². The molecule has 0 spiro atoms. The van der Waals surface area contributed by atoms with Crippen molar-refractivity contribution in [3.63, 3.8) is 0 Å². The summed E-state index contributed by atoms with van der Waals surface area (Å²) in [6.45, 7) is 1.67. The topological polar surface area (TPSA) is 307 Å². The summed E-state index contributed by atoms with van der Waals surface area (Å²) < 4.78 is 34.1. The van der Waals surface area contributed by atoms with Gasteiger partial charge in [0.1, 0.15) is 73.2 Å². The fourth-order valence-corrected chi connectivity index (χ4v) is 9.36. The molecule has 422 valence electrons. The Morgan fingerprint density at radius 3 is 1.35 bits per heavy atom. The van der Waals surface area contributed by atoms with Crippen molar-refractivity contribution in [3.05, 3.63) is 24.3 Å². The SMILES string of the molecule is CCCCCCCC/C=C\CCCCCCCC(=O)NC(COC1OC(CO)C(OC2OC(CO)C(OC3OC(CO)C(O)C(O)C3O)C(O)C2O)C(O)C1O)C(O)/C=C/CCCCCCCCCCCC. The Balaban J connectivity index is 1.55. The summed E-state index contributed by atoms with van der Waals surface area (Å²) in [5, 5.41) is 120. The molecule has 19 nitrogen and oxygen atoms in total. The van der Waals surface area contributed by atoms with Crippen LogP contribution in [0.1, 0.15) is 174 Å². The molecule has 3 fully saturated rings. The first kappa shape index (κ1) is 64.6. The molecule has 3 aliphatic heterocycles. The number of carbonyl (C=O) groups excluding carboxylic acids is 1. The fourth-order valence-electron chi connectivity index (χ4n) is 9.36. The third-order valence-electron chi connectivity index (χ3n) is 14.0. The molecule has 12 N–H and O–H groups in total. The molecule has 0 aromatic heterocycles. The Kier molecular flexibility index (Phi) is 34.0. The number of ether oxygens (including phenoxy) is 6. The molecule has 3 saturated heterocycles. The highest BCUT2D eigenvalue weighted by atomic mass is 16.8. The average Bonchev–Trinajstić information content (AvgIpc) is 3.37. The van der Waals surface area contributed by atoms with Crippen LogP contribution >= 0.6 is 0 Å². The minimum absolute atomic E-state index is 0.234. The molecule has 17 atom stereocenters. The van der Waals surface area contributed by atoms with Crippen LogP contribution in [0.2, 0.25) is 0 Å². The second-order valence-corrected chi connectivity index (χ2v) is 20.0. The van der Waals surface area contributed by atoms with Crippen molar-refractivity contribution < 1.29 is 89.4 Å². The highest BCUT2D eigenvalue weighted by Crippen LogP contribution is 2.33. The smallest absolute Gasteiger partial charge is 0.220 e. The van der Waals surface area contributed by atoms with Gasteiger partial charge in [-0.3, -0.25) is 4.79 Å². The quantitative estimate of drug-likeness (QED) is 0.0311. The number of amides is 1. The molecule has 3 aliphatic rings. The molecule has 0 aliphatic carbocycles. The number of hydrogen-bond acceptors (Lipinski definition) is 18. The van der Waals surface area contributed by atoms with Crippen LogP contribution in [0.25, 0.3) is 0 Å². The van der Waals surface area contributed by atoms with Crippen molar-refractivity contribution >= 4 is 5.91 Å². The van der Waals surface area contributed by atoms with Crippen LogP contribution in [0, 0.1) is 0 Å². The van der Waals surface area contributed by atoms with Gasteiger partial charge in [0.05, 0.1) is 38.6 Å². The van der Waals surface area contributed by atoms with Crippen molar-refractivity contribution in [1.29, 1.82) is 0 Å². The van der Waals surface area contributed by atoms with Gasteiger partial charge >= 0.3 is 0 Å². The van der Waals surface area contributed by atoms with Crippen molar-refractivity contribution in [2.75, 3.05) is 26.4 Å². The lowest BCUT2D eigenvalue weighted by atomic mass is 9.96. The Hall–Kier alpha value is -1.73. The number of aliphatic hydroxyl groups excluding tert-OH is 11. The molecule has 0 saturated carbocycles. The second kappa shape index (κ2) is 37.9. The predicted molar refractivity (Wildman–Crippen MR) is 268 cm³/mol. The molecule has 72 heavy (non-hydrogen) atoms. The Bertz CT molecular complexity index is 1430. The number of nitrogens with one attached hydrogen (secondary N) is 1. The van der Waals surface area contributed by atoms with Crippen LogP contribution in [0.5, 0.6) is 0 Å². The van der Waals surface area contributed by atoms with Gasteiger partial charge < -0.3 is 89.9 Å². The number of unbranched alkanes of at least 4 members (excludes halogenated alkanes) is 21. The Morgan fingerprint density at radius 1 is 0.486 bits per heavy atom. The lowest BCUT2D eigenvalue weighted by Gasteiger charge is -2.48. The van der Waals surface area contributed by atoms with E-state index in [4.69, 9.17) is 28.4 Å². The molecular weight excluding hydrogens is 939 g/mol. The van der Waals surface area contributed by atoms with Gasteiger partial charge in [0, 0.05) is 6.42 Å². The molecule has 3 rings (SSSR count). The lowest BCUT2D eigenvalue weighted by molar-refractivity contribution is -0.379. The Morgan fingerprint density at radius 2 is 0.875 bits per heavy atom. The van der Waals surface area contributed by atoms with Gasteiger partial charge in [-0.2, -0.15) is 0 Å². The molecule has 1 amide bonds. The normalized spacial score (nSPS) is 32.2. The monoisotopic (exact) mass is 1040 g/mol. The van der Waals surface area contributed by atoms with Crippen LogP contribution in [-0.4, -0.2) is 193 Å². The summed E-state index contributed by atoms with van der Waals surface area (Å²) in [6, 6.07) is -0.972. The van der Waals surface area contributed by atoms with E-state index in [9.17, 15) is 61.0 Å². The number of rotatable bonds is 39. The number of allylic oxidation sites excluding steroid dienone is 3. The van der Waals surface area contributed by atoms with Crippen molar-refractivity contribution in [2.24, 2.45) is 0 Å². The van der Waals surface area contributed by atoms with Crippen molar-refractivity contribution in [3.8, 4) is 0 Å². The summed E-state index contributed by atoms with van der Waals surface area (Å²) >= 11 is 0. The summed E-state index contributed by atoms with van der Waals surface area (Å²) in [4.78, 5) is 13.2. The van der Waals surface area contributed by atoms with E-state index < -0.39 is 124 Å². The maximum absolute atomic E-state index is 13.2. The highest BCUT2D eigenvalue weighted by molar-refractivity contribution is 5.76. The van der Waals surface area contributed by atoms with Gasteiger partial charge in [0.15, 0.2) is 18.9 Å². The average molecular weight is 1040 g/mol. The molecule has 0 aromatic carbocycles. The lowest BCUT2D eigenvalue weighted by Crippen LogP contribution is -2.66. The van der Waals surface area contributed by atoms with Crippen molar-refractivity contribution in [1.82, 2.24) is 5.32 Å². The maximum Gasteiger partial charge on any atom is 0.220 e. The number of aliphatic hydroxyl groups is 11. The van der Waals surface area contributed by atoms with Gasteiger partial charge in [0.25, 0.3) is 0 Å². The van der Waals surface area contributed by atoms with Crippen molar-refractivity contribution in [2.45, 2.75) is 279 Å². The van der Waals surface area contributed by atoms with Gasteiger partial charge in [-0.25, -0.2) is 0 Å². The summed E-state index contributed by atoms with van der Waals surface area (Å²) in [6.07, 6.45) is 8.85. The highest BCUT2D eigenvalue weighted by Gasteiger charge is 2.53. The minimum Gasteiger partial charge on any atom is -0.394 e. The third kappa shape index (κ3) is 22.9. The van der Waals surface area contributed by atoms with Crippen LogP contribution in [0.4, 0.5) is 0 Å². The maximum atomic E-state index is 13.2. The molecule has 0 aromatic rings. The molecular formula is C53H97NO18. The van der Waals surface area contributed by atoms with Crippen LogP contribution in [-0.2, 0) is 33.2 Å². The first-order chi connectivity index (χ1) is 34.8. The standard InChI is InChI=1S/C53H97NO18/c1-3-5-7-9-11-13-15-17-18-19-21-23-25-27-29-31-41(59)54-36(37(58)30-28-26-24-22-20-16-14-12-10-8-6-4-2)35-67-51-47(65)44(62)49(39(33-56)69-51)72-53-48(66)45(63)50(40(34-57)70-53)71-52-46(64)43(61)42(60)38(32-55)68-52/h17-18,28,30,36-40,42-53,55-58,60-66H,3-16,19-27,29,31-35H2,1-2H3,(H,54,59)/b18-17-,30-28+. The zero-order valence-electron chi connectivity index (χ0n) is 43.4. The van der Waals surface area contributed by atoms with E-state index >= 15 is 0 Å². The van der Waals surface area contributed by atoms with Crippen LogP contribution < -0.4 is 5.32 Å². The largest absolute Gasteiger partial charge is 0.394 e. The first-order valence-electron chi connectivity index (χ1n) is 27.6.